The first-order chi connectivity index (χ1) is 19.5. The number of hydrogen-bond acceptors (Lipinski definition) is 4. The van der Waals surface area contributed by atoms with Gasteiger partial charge in [-0.15, -0.1) is 0 Å². The summed E-state index contributed by atoms with van der Waals surface area (Å²) in [6, 6.07) is 28.8. The number of fused-ring (bicyclic) bond motifs is 1. The Bertz CT molecular complexity index is 1530. The lowest BCUT2D eigenvalue weighted by atomic mass is 9.97. The molecule has 5 nitrogen and oxygen atoms in total. The number of unbranched alkanes of at least 4 members (excludes halogenated alkanes) is 2. The highest BCUT2D eigenvalue weighted by molar-refractivity contribution is 5.85. The lowest BCUT2D eigenvalue weighted by Gasteiger charge is -2.39. The van der Waals surface area contributed by atoms with Gasteiger partial charge in [-0.05, 0) is 87.4 Å². The number of likely N-dealkylation sites (tertiary alicyclic amines) is 1. The molecule has 2 atom stereocenters. The molecule has 206 valence electrons. The average Bonchev–Trinajstić information content (AvgIpc) is 2.98. The van der Waals surface area contributed by atoms with Crippen LogP contribution >= 0.6 is 0 Å². The number of benzene rings is 3. The van der Waals surface area contributed by atoms with Gasteiger partial charge in [0.1, 0.15) is 12.4 Å². The van der Waals surface area contributed by atoms with Crippen molar-refractivity contribution in [2.24, 2.45) is 0 Å². The number of aromatic nitrogens is 1. The molecule has 40 heavy (non-hydrogen) atoms. The number of para-hydroxylation sites is 1. The maximum atomic E-state index is 14.0. The lowest BCUT2D eigenvalue weighted by Crippen LogP contribution is -2.44. The molecule has 5 heteroatoms. The van der Waals surface area contributed by atoms with Crippen molar-refractivity contribution < 1.29 is 4.74 Å². The van der Waals surface area contributed by atoms with E-state index in [1.807, 2.05) is 65.2 Å². The first-order valence-electron chi connectivity index (χ1n) is 14.6. The Morgan fingerprint density at radius 1 is 0.850 bits per heavy atom. The van der Waals surface area contributed by atoms with E-state index < -0.39 is 0 Å². The Hall–Kier alpha value is -3.88. The first-order valence-corrected chi connectivity index (χ1v) is 14.6. The van der Waals surface area contributed by atoms with E-state index in [-0.39, 0.29) is 5.56 Å². The standard InChI is InChI=1S/C35H39N3O2/c1-26-12-11-13-27(2)37(26)20-9-4-10-21-38-33-17-8-7-16-30(33)23-32(35(38)39)31-22-29(24-36)18-19-34(31)40-25-28-14-5-3-6-15-28/h3,5-8,14-19,22-23,26-27H,4,9-13,20-21,25H2,1-2H3/t26-,27+. The predicted molar refractivity (Wildman–Crippen MR) is 162 cm³/mol. The molecule has 0 N–H and O–H groups in total. The number of aryl methyl sites for hydroxylation is 1. The number of pyridine rings is 1. The van der Waals surface area contributed by atoms with E-state index in [4.69, 9.17) is 4.74 Å². The highest BCUT2D eigenvalue weighted by Gasteiger charge is 2.23. The van der Waals surface area contributed by atoms with Crippen LogP contribution in [0.3, 0.4) is 0 Å². The van der Waals surface area contributed by atoms with Gasteiger partial charge in [-0.2, -0.15) is 5.26 Å². The SMILES string of the molecule is C[C@@H]1CCC[C@H](C)N1CCCCCn1c(=O)c(-c2cc(C#N)ccc2OCc2ccccc2)cc2ccccc21. The monoisotopic (exact) mass is 533 g/mol. The minimum Gasteiger partial charge on any atom is -0.488 e. The third-order valence-corrected chi connectivity index (χ3v) is 8.31. The molecule has 0 spiro atoms. The van der Waals surface area contributed by atoms with Gasteiger partial charge >= 0.3 is 0 Å². The molecule has 2 heterocycles. The predicted octanol–water partition coefficient (Wildman–Crippen LogP) is 7.55. The van der Waals surface area contributed by atoms with Crippen molar-refractivity contribution in [1.29, 1.82) is 5.26 Å². The van der Waals surface area contributed by atoms with E-state index in [1.165, 1.54) is 19.3 Å². The number of piperidine rings is 1. The zero-order valence-electron chi connectivity index (χ0n) is 23.7. The minimum atomic E-state index is -0.0448. The van der Waals surface area contributed by atoms with Crippen molar-refractivity contribution in [2.75, 3.05) is 6.54 Å². The van der Waals surface area contributed by atoms with Gasteiger partial charge in [0.15, 0.2) is 0 Å². The largest absolute Gasteiger partial charge is 0.488 e. The molecule has 0 bridgehead atoms. The highest BCUT2D eigenvalue weighted by atomic mass is 16.5. The lowest BCUT2D eigenvalue weighted by molar-refractivity contribution is 0.101. The van der Waals surface area contributed by atoms with Crippen molar-refractivity contribution in [3.8, 4) is 22.9 Å². The quantitative estimate of drug-likeness (QED) is 0.198. The van der Waals surface area contributed by atoms with Crippen molar-refractivity contribution in [3.05, 3.63) is 100 Å². The van der Waals surface area contributed by atoms with Crippen LogP contribution in [-0.4, -0.2) is 28.1 Å². The summed E-state index contributed by atoms with van der Waals surface area (Å²) in [6.07, 6.45) is 7.09. The zero-order chi connectivity index (χ0) is 27.9. The fourth-order valence-corrected chi connectivity index (χ4v) is 6.07. The van der Waals surface area contributed by atoms with Crippen LogP contribution in [0.25, 0.3) is 22.0 Å². The van der Waals surface area contributed by atoms with Gasteiger partial charge in [0.2, 0.25) is 0 Å². The Balaban J connectivity index is 1.40. The normalized spacial score (nSPS) is 17.5. The Morgan fingerprint density at radius 3 is 2.35 bits per heavy atom. The first kappa shape index (κ1) is 27.7. The number of rotatable bonds is 10. The van der Waals surface area contributed by atoms with E-state index >= 15 is 0 Å². The maximum absolute atomic E-state index is 14.0. The molecule has 1 aliphatic heterocycles. The van der Waals surface area contributed by atoms with Crippen LogP contribution in [-0.2, 0) is 13.2 Å². The van der Waals surface area contributed by atoms with E-state index in [1.54, 1.807) is 18.2 Å². The van der Waals surface area contributed by atoms with Gasteiger partial charge in [-0.25, -0.2) is 0 Å². The zero-order valence-corrected chi connectivity index (χ0v) is 23.7. The molecule has 0 unspecified atom stereocenters. The molecular weight excluding hydrogens is 494 g/mol. The van der Waals surface area contributed by atoms with Crippen LogP contribution in [0, 0.1) is 11.3 Å². The van der Waals surface area contributed by atoms with Crippen LogP contribution in [0.15, 0.2) is 83.7 Å². The third-order valence-electron chi connectivity index (χ3n) is 8.31. The second kappa shape index (κ2) is 13.0. The third kappa shape index (κ3) is 6.29. The van der Waals surface area contributed by atoms with Crippen molar-refractivity contribution in [2.45, 2.75) is 77.6 Å². The van der Waals surface area contributed by atoms with Crippen LogP contribution in [0.1, 0.15) is 63.5 Å². The number of nitrogens with zero attached hydrogens (tertiary/aromatic N) is 3. The van der Waals surface area contributed by atoms with E-state index in [0.717, 1.165) is 42.3 Å². The summed E-state index contributed by atoms with van der Waals surface area (Å²) < 4.78 is 8.12. The molecule has 4 aromatic rings. The van der Waals surface area contributed by atoms with Crippen molar-refractivity contribution in [3.63, 3.8) is 0 Å². The van der Waals surface area contributed by atoms with Crippen LogP contribution in [0.4, 0.5) is 0 Å². The number of nitriles is 1. The molecule has 1 aromatic heterocycles. The molecule has 3 aromatic carbocycles. The summed E-state index contributed by atoms with van der Waals surface area (Å²) in [5, 5.41) is 10.6. The molecule has 0 amide bonds. The summed E-state index contributed by atoms with van der Waals surface area (Å²) >= 11 is 0. The van der Waals surface area contributed by atoms with Gasteiger partial charge < -0.3 is 9.30 Å². The smallest absolute Gasteiger partial charge is 0.259 e. The molecule has 1 aliphatic rings. The van der Waals surface area contributed by atoms with E-state index in [2.05, 4.69) is 24.8 Å². The second-order valence-electron chi connectivity index (χ2n) is 11.1. The molecule has 0 saturated carbocycles. The summed E-state index contributed by atoms with van der Waals surface area (Å²) in [7, 11) is 0. The average molecular weight is 534 g/mol. The van der Waals surface area contributed by atoms with Crippen LogP contribution < -0.4 is 10.3 Å². The maximum Gasteiger partial charge on any atom is 0.259 e. The van der Waals surface area contributed by atoms with Gasteiger partial charge in [0.25, 0.3) is 5.56 Å². The van der Waals surface area contributed by atoms with Gasteiger partial charge in [-0.3, -0.25) is 9.69 Å². The Labute approximate surface area is 237 Å². The van der Waals surface area contributed by atoms with Crippen LogP contribution in [0.5, 0.6) is 5.75 Å². The van der Waals surface area contributed by atoms with Crippen LogP contribution in [0.2, 0.25) is 0 Å². The Kier molecular flexibility index (Phi) is 8.98. The number of hydrogen-bond donors (Lipinski definition) is 0. The number of ether oxygens (including phenoxy) is 1. The molecule has 1 saturated heterocycles. The topological polar surface area (TPSA) is 58.3 Å². The highest BCUT2D eigenvalue weighted by Crippen LogP contribution is 2.32. The van der Waals surface area contributed by atoms with Gasteiger partial charge in [0, 0.05) is 24.2 Å². The van der Waals surface area contributed by atoms with E-state index in [0.29, 0.717) is 47.7 Å². The molecule has 1 fully saturated rings. The Morgan fingerprint density at radius 2 is 1.57 bits per heavy atom. The summed E-state index contributed by atoms with van der Waals surface area (Å²) in [4.78, 5) is 16.7. The van der Waals surface area contributed by atoms with Crippen molar-refractivity contribution in [1.82, 2.24) is 9.47 Å². The summed E-state index contributed by atoms with van der Waals surface area (Å²) in [5.41, 5.74) is 3.67. The molecular formula is C35H39N3O2. The fraction of sp³-hybridized carbons (Fsp3) is 0.371. The van der Waals surface area contributed by atoms with E-state index in [9.17, 15) is 10.1 Å². The van der Waals surface area contributed by atoms with Gasteiger partial charge in [0.05, 0.1) is 22.7 Å². The fourth-order valence-electron chi connectivity index (χ4n) is 6.07. The minimum absolute atomic E-state index is 0.0448. The second-order valence-corrected chi connectivity index (χ2v) is 11.1. The molecule has 0 aliphatic carbocycles. The van der Waals surface area contributed by atoms with Gasteiger partial charge in [-0.1, -0.05) is 61.4 Å². The molecule has 0 radical (unpaired) electrons. The summed E-state index contributed by atoms with van der Waals surface area (Å²) in [6.45, 7) is 6.88. The molecule has 5 rings (SSSR count). The summed E-state index contributed by atoms with van der Waals surface area (Å²) in [5.74, 6) is 0.603. The van der Waals surface area contributed by atoms with Crippen molar-refractivity contribution >= 4 is 10.9 Å².